The topological polar surface area (TPSA) is 101 Å². The van der Waals surface area contributed by atoms with Crippen molar-refractivity contribution in [1.82, 2.24) is 0 Å². The summed E-state index contributed by atoms with van der Waals surface area (Å²) >= 11 is 0. The van der Waals surface area contributed by atoms with Crippen LogP contribution in [0.15, 0.2) is 0 Å². The second-order valence-corrected chi connectivity index (χ2v) is 7.90. The summed E-state index contributed by atoms with van der Waals surface area (Å²) in [5.41, 5.74) is 0. The molecule has 0 saturated carbocycles. The maximum absolute atomic E-state index is 11.9. The molecule has 0 aliphatic heterocycles. The van der Waals surface area contributed by atoms with Crippen molar-refractivity contribution in [2.45, 2.75) is 76.7 Å². The van der Waals surface area contributed by atoms with E-state index in [0.29, 0.717) is 17.4 Å². The van der Waals surface area contributed by atoms with E-state index < -0.39 is 18.0 Å². The average Bonchev–Trinajstić information content (AvgIpc) is 2.46. The van der Waals surface area contributed by atoms with Gasteiger partial charge in [0, 0.05) is 12.8 Å². The zero-order chi connectivity index (χ0) is 20.0. The second kappa shape index (κ2) is 13.6. The van der Waals surface area contributed by atoms with Crippen molar-refractivity contribution in [1.29, 1.82) is 0 Å². The van der Waals surface area contributed by atoms with Crippen molar-refractivity contribution in [2.24, 2.45) is 0 Å². The normalized spacial score (nSPS) is 12.6. The molecule has 152 valence electrons. The number of likely N-dealkylation sites (N-methyl/N-ethyl adjacent to an activating group) is 1. The third-order valence-corrected chi connectivity index (χ3v) is 3.97. The first-order valence-corrected chi connectivity index (χ1v) is 9.53. The summed E-state index contributed by atoms with van der Waals surface area (Å²) in [6.07, 6.45) is 7.49. The van der Waals surface area contributed by atoms with Gasteiger partial charge in [-0.25, -0.2) is 0 Å². The zero-order valence-corrected chi connectivity index (χ0v) is 16.5. The molecule has 0 aliphatic rings. The standard InChI is InChI=1S/C19H35NO6/c1-20(2,3)15-16(14-18(23)24)26-19(25)13-11-9-7-5-4-6-8-10-12-17(21)22/h16H,4-15H2,1-3H3,(H-,21,22,23,24)/p+1/t16-/m1/s1. The lowest BCUT2D eigenvalue weighted by molar-refractivity contribution is -0.873. The number of aliphatic carboxylic acids is 2. The second-order valence-electron chi connectivity index (χ2n) is 7.90. The molecule has 0 radical (unpaired) electrons. The highest BCUT2D eigenvalue weighted by atomic mass is 16.5. The van der Waals surface area contributed by atoms with E-state index in [1.165, 1.54) is 0 Å². The summed E-state index contributed by atoms with van der Waals surface area (Å²) in [6, 6.07) is 0. The molecule has 0 aliphatic carbocycles. The van der Waals surface area contributed by atoms with Crippen LogP contribution >= 0.6 is 0 Å². The number of carbonyl (C=O) groups excluding carboxylic acids is 1. The summed E-state index contributed by atoms with van der Waals surface area (Å²) < 4.78 is 5.88. The van der Waals surface area contributed by atoms with Gasteiger partial charge >= 0.3 is 17.9 Å². The molecule has 0 amide bonds. The molecular formula is C19H36NO6+. The Morgan fingerprint density at radius 1 is 0.769 bits per heavy atom. The third kappa shape index (κ3) is 17.2. The van der Waals surface area contributed by atoms with Gasteiger partial charge in [0.05, 0.1) is 27.6 Å². The molecule has 0 aromatic rings. The number of esters is 1. The molecule has 0 aromatic carbocycles. The van der Waals surface area contributed by atoms with Crippen LogP contribution in [0.3, 0.4) is 0 Å². The van der Waals surface area contributed by atoms with Crippen molar-refractivity contribution in [3.63, 3.8) is 0 Å². The Morgan fingerprint density at radius 3 is 1.65 bits per heavy atom. The number of rotatable bonds is 16. The van der Waals surface area contributed by atoms with Crippen molar-refractivity contribution in [2.75, 3.05) is 27.7 Å². The van der Waals surface area contributed by atoms with E-state index in [4.69, 9.17) is 14.9 Å². The fourth-order valence-corrected chi connectivity index (χ4v) is 2.80. The van der Waals surface area contributed by atoms with E-state index in [1.54, 1.807) is 0 Å². The van der Waals surface area contributed by atoms with Crippen LogP contribution in [0.2, 0.25) is 0 Å². The molecular weight excluding hydrogens is 338 g/mol. The summed E-state index contributed by atoms with van der Waals surface area (Å²) in [6.45, 7) is 0.472. The van der Waals surface area contributed by atoms with E-state index in [0.717, 1.165) is 51.4 Å². The first-order valence-electron chi connectivity index (χ1n) is 9.53. The molecule has 7 nitrogen and oxygen atoms in total. The lowest BCUT2D eigenvalue weighted by Crippen LogP contribution is -2.43. The van der Waals surface area contributed by atoms with Crippen LogP contribution in [-0.4, -0.2) is 66.4 Å². The highest BCUT2D eigenvalue weighted by molar-refractivity contribution is 5.71. The number of carboxylic acid groups (broad SMARTS) is 2. The molecule has 0 fully saturated rings. The number of ether oxygens (including phenoxy) is 1. The first-order chi connectivity index (χ1) is 12.1. The first kappa shape index (κ1) is 24.4. The minimum Gasteiger partial charge on any atom is -0.481 e. The van der Waals surface area contributed by atoms with Gasteiger partial charge in [-0.3, -0.25) is 14.4 Å². The summed E-state index contributed by atoms with van der Waals surface area (Å²) in [5.74, 6) is -2.01. The molecule has 0 rings (SSSR count). The lowest BCUT2D eigenvalue weighted by Gasteiger charge is -2.28. The van der Waals surface area contributed by atoms with Crippen LogP contribution in [0.25, 0.3) is 0 Å². The van der Waals surface area contributed by atoms with E-state index in [2.05, 4.69) is 0 Å². The van der Waals surface area contributed by atoms with Crippen molar-refractivity contribution in [3.05, 3.63) is 0 Å². The Hall–Kier alpha value is -1.63. The molecule has 2 N–H and O–H groups in total. The quantitative estimate of drug-likeness (QED) is 0.245. The zero-order valence-electron chi connectivity index (χ0n) is 16.5. The van der Waals surface area contributed by atoms with Gasteiger partial charge in [0.2, 0.25) is 0 Å². The van der Waals surface area contributed by atoms with Crippen molar-refractivity contribution < 1.29 is 33.8 Å². The number of quaternary nitrogens is 1. The van der Waals surface area contributed by atoms with Crippen LogP contribution in [0, 0.1) is 0 Å². The Kier molecular flexibility index (Phi) is 12.7. The summed E-state index contributed by atoms with van der Waals surface area (Å²) in [4.78, 5) is 33.2. The highest BCUT2D eigenvalue weighted by Crippen LogP contribution is 2.12. The fraction of sp³-hybridized carbons (Fsp3) is 0.842. The van der Waals surface area contributed by atoms with Crippen molar-refractivity contribution in [3.8, 4) is 0 Å². The molecule has 1 atom stereocenters. The van der Waals surface area contributed by atoms with Gasteiger partial charge in [-0.1, -0.05) is 38.5 Å². The predicted molar refractivity (Wildman–Crippen MR) is 98.8 cm³/mol. The Balaban J connectivity index is 3.76. The highest BCUT2D eigenvalue weighted by Gasteiger charge is 2.24. The third-order valence-electron chi connectivity index (χ3n) is 3.97. The van der Waals surface area contributed by atoms with Crippen LogP contribution in [0.1, 0.15) is 70.6 Å². The number of carbonyl (C=O) groups is 3. The number of carboxylic acids is 2. The minimum absolute atomic E-state index is 0.164. The Labute approximate surface area is 156 Å². The molecule has 0 aromatic heterocycles. The van der Waals surface area contributed by atoms with Gasteiger partial charge in [0.15, 0.2) is 6.10 Å². The Morgan fingerprint density at radius 2 is 1.23 bits per heavy atom. The predicted octanol–water partition coefficient (Wildman–Crippen LogP) is 3.06. The number of hydrogen-bond acceptors (Lipinski definition) is 4. The average molecular weight is 374 g/mol. The van der Waals surface area contributed by atoms with E-state index >= 15 is 0 Å². The van der Waals surface area contributed by atoms with Gasteiger partial charge in [-0.15, -0.1) is 0 Å². The molecule has 0 heterocycles. The number of nitrogens with zero attached hydrogens (tertiary/aromatic N) is 1. The molecule has 7 heteroatoms. The van der Waals surface area contributed by atoms with E-state index in [1.807, 2.05) is 21.1 Å². The van der Waals surface area contributed by atoms with Crippen LogP contribution in [-0.2, 0) is 19.1 Å². The van der Waals surface area contributed by atoms with Gasteiger partial charge in [-0.05, 0) is 12.8 Å². The van der Waals surface area contributed by atoms with Crippen LogP contribution in [0.4, 0.5) is 0 Å². The molecule has 0 saturated heterocycles. The maximum atomic E-state index is 11.9. The molecule has 0 bridgehead atoms. The van der Waals surface area contributed by atoms with Crippen molar-refractivity contribution >= 4 is 17.9 Å². The smallest absolute Gasteiger partial charge is 0.307 e. The largest absolute Gasteiger partial charge is 0.481 e. The minimum atomic E-state index is -0.959. The summed E-state index contributed by atoms with van der Waals surface area (Å²) in [7, 11) is 5.80. The Bertz CT molecular complexity index is 430. The fourth-order valence-electron chi connectivity index (χ4n) is 2.80. The van der Waals surface area contributed by atoms with E-state index in [9.17, 15) is 14.4 Å². The van der Waals surface area contributed by atoms with Crippen LogP contribution < -0.4 is 0 Å². The van der Waals surface area contributed by atoms with Gasteiger partial charge in [-0.2, -0.15) is 0 Å². The molecule has 0 spiro atoms. The molecule has 0 unspecified atom stereocenters. The van der Waals surface area contributed by atoms with Gasteiger partial charge in [0.25, 0.3) is 0 Å². The van der Waals surface area contributed by atoms with Crippen LogP contribution in [0.5, 0.6) is 0 Å². The number of hydrogen-bond donors (Lipinski definition) is 2. The summed E-state index contributed by atoms with van der Waals surface area (Å²) in [5, 5.41) is 17.5. The number of unbranched alkanes of at least 4 members (excludes halogenated alkanes) is 7. The molecule has 26 heavy (non-hydrogen) atoms. The SMILES string of the molecule is C[N+](C)(C)C[C@@H](CC(=O)O)OC(=O)CCCCCCCCCCC(=O)O. The van der Waals surface area contributed by atoms with Gasteiger partial charge < -0.3 is 19.4 Å². The van der Waals surface area contributed by atoms with Gasteiger partial charge in [0.1, 0.15) is 6.54 Å². The van der Waals surface area contributed by atoms with E-state index in [-0.39, 0.29) is 18.8 Å². The maximum Gasteiger partial charge on any atom is 0.307 e. The monoisotopic (exact) mass is 374 g/mol. The lowest BCUT2D eigenvalue weighted by atomic mass is 10.1.